The van der Waals surface area contributed by atoms with Crippen molar-refractivity contribution in [3.63, 3.8) is 0 Å². The van der Waals surface area contributed by atoms with Crippen molar-refractivity contribution in [3.8, 4) is 11.8 Å². The third-order valence-corrected chi connectivity index (χ3v) is 4.70. The molecule has 0 saturated heterocycles. The van der Waals surface area contributed by atoms with E-state index in [-0.39, 0.29) is 37.1 Å². The first-order valence-electron chi connectivity index (χ1n) is 8.85. The average Bonchev–Trinajstić information content (AvgIpc) is 3.28. The molecule has 1 aromatic rings. The molecule has 3 heterocycles. The number of ether oxygens (including phenoxy) is 3. The highest BCUT2D eigenvalue weighted by atomic mass is 16.6. The van der Waals surface area contributed by atoms with Gasteiger partial charge in [-0.1, -0.05) is 19.2 Å². The Labute approximate surface area is 162 Å². The van der Waals surface area contributed by atoms with Crippen LogP contribution in [0.1, 0.15) is 37.5 Å². The van der Waals surface area contributed by atoms with Crippen molar-refractivity contribution in [3.05, 3.63) is 47.6 Å². The minimum absolute atomic E-state index is 0.118. The predicted octanol–water partition coefficient (Wildman–Crippen LogP) is 2.36. The third kappa shape index (κ3) is 3.20. The maximum absolute atomic E-state index is 11.8. The van der Waals surface area contributed by atoms with Crippen LogP contribution in [-0.4, -0.2) is 39.9 Å². The minimum atomic E-state index is -1.15. The number of carbonyl (C=O) groups is 2. The van der Waals surface area contributed by atoms with Crippen molar-refractivity contribution in [1.29, 1.82) is 0 Å². The lowest BCUT2D eigenvalue weighted by Gasteiger charge is -2.23. The summed E-state index contributed by atoms with van der Waals surface area (Å²) in [6, 6.07) is 0. The van der Waals surface area contributed by atoms with E-state index in [1.165, 1.54) is 11.5 Å². The molecule has 0 amide bonds. The Morgan fingerprint density at radius 3 is 2.46 bits per heavy atom. The van der Waals surface area contributed by atoms with Gasteiger partial charge in [0.1, 0.15) is 12.7 Å². The average molecular weight is 389 g/mol. The second-order valence-corrected chi connectivity index (χ2v) is 7.00. The summed E-state index contributed by atoms with van der Waals surface area (Å²) in [4.78, 5) is 23.2. The van der Waals surface area contributed by atoms with Crippen LogP contribution >= 0.6 is 0 Å². The molecule has 0 aliphatic carbocycles. The quantitative estimate of drug-likeness (QED) is 0.304. The van der Waals surface area contributed by atoms with E-state index in [0.29, 0.717) is 23.1 Å². The Hall–Kier alpha value is -3.00. The zero-order chi connectivity index (χ0) is 20.6. The molecule has 1 aromatic heterocycles. The van der Waals surface area contributed by atoms with Gasteiger partial charge in [0.2, 0.25) is 11.8 Å². The van der Waals surface area contributed by atoms with Gasteiger partial charge in [-0.15, -0.1) is 0 Å². The lowest BCUT2D eigenvalue weighted by atomic mass is 9.90. The molecule has 8 nitrogen and oxygen atoms in total. The van der Waals surface area contributed by atoms with Crippen molar-refractivity contribution in [2.75, 3.05) is 13.2 Å². The second-order valence-electron chi connectivity index (χ2n) is 7.00. The fourth-order valence-electron chi connectivity index (χ4n) is 3.32. The largest absolute Gasteiger partial charge is 0.494 e. The molecule has 0 saturated carbocycles. The highest BCUT2D eigenvalue weighted by Crippen LogP contribution is 2.58. The molecule has 0 aromatic carbocycles. The van der Waals surface area contributed by atoms with E-state index >= 15 is 0 Å². The van der Waals surface area contributed by atoms with E-state index in [1.807, 2.05) is 0 Å². The number of aromatic hydroxyl groups is 2. The number of carbonyl (C=O) groups excluding carboxylic acids is 2. The van der Waals surface area contributed by atoms with Gasteiger partial charge in [-0.25, -0.2) is 9.59 Å². The highest BCUT2D eigenvalue weighted by molar-refractivity contribution is 5.87. The molecule has 8 heteroatoms. The third-order valence-electron chi connectivity index (χ3n) is 4.70. The van der Waals surface area contributed by atoms with Crippen molar-refractivity contribution in [1.82, 2.24) is 4.57 Å². The van der Waals surface area contributed by atoms with Gasteiger partial charge in [-0.05, 0) is 26.3 Å². The van der Waals surface area contributed by atoms with Crippen LogP contribution in [0.5, 0.6) is 11.8 Å². The summed E-state index contributed by atoms with van der Waals surface area (Å²) in [6.45, 7) is 10.3. The predicted molar refractivity (Wildman–Crippen MR) is 98.6 cm³/mol. The zero-order valence-corrected chi connectivity index (χ0v) is 15.9. The monoisotopic (exact) mass is 389 g/mol. The van der Waals surface area contributed by atoms with Crippen molar-refractivity contribution >= 4 is 11.9 Å². The molecule has 2 atom stereocenters. The number of hydrogen-bond donors (Lipinski definition) is 2. The smallest absolute Gasteiger partial charge is 0.333 e. The number of esters is 2. The van der Waals surface area contributed by atoms with E-state index in [4.69, 9.17) is 14.2 Å². The van der Waals surface area contributed by atoms with E-state index in [9.17, 15) is 19.8 Å². The SMILES string of the molecule is C=C(C)C(=O)OCCCn1c(O)c2c(c1O)C1(COC(=O)C(=C)C)C=CC2O1. The van der Waals surface area contributed by atoms with Gasteiger partial charge in [0.25, 0.3) is 0 Å². The van der Waals surface area contributed by atoms with Crippen LogP contribution in [0.2, 0.25) is 0 Å². The second kappa shape index (κ2) is 7.20. The lowest BCUT2D eigenvalue weighted by molar-refractivity contribution is -0.147. The Bertz CT molecular complexity index is 895. The molecule has 0 radical (unpaired) electrons. The molecule has 150 valence electrons. The van der Waals surface area contributed by atoms with Gasteiger partial charge in [0.05, 0.1) is 17.7 Å². The van der Waals surface area contributed by atoms with E-state index in [2.05, 4.69) is 13.2 Å². The first kappa shape index (κ1) is 19.8. The Kier molecular flexibility index (Phi) is 5.08. The summed E-state index contributed by atoms with van der Waals surface area (Å²) in [6.07, 6.45) is 3.30. The van der Waals surface area contributed by atoms with Crippen LogP contribution in [0.4, 0.5) is 0 Å². The zero-order valence-electron chi connectivity index (χ0n) is 15.9. The van der Waals surface area contributed by atoms with Gasteiger partial charge in [-0.2, -0.15) is 0 Å². The normalized spacial score (nSPS) is 21.4. The van der Waals surface area contributed by atoms with Crippen LogP contribution in [0.3, 0.4) is 0 Å². The van der Waals surface area contributed by atoms with Crippen LogP contribution in [0, 0.1) is 0 Å². The summed E-state index contributed by atoms with van der Waals surface area (Å²) in [7, 11) is 0. The van der Waals surface area contributed by atoms with E-state index in [0.717, 1.165) is 0 Å². The number of hydrogen-bond acceptors (Lipinski definition) is 7. The molecular formula is C20H23NO7. The Balaban J connectivity index is 1.75. The van der Waals surface area contributed by atoms with Gasteiger partial charge in [0, 0.05) is 17.7 Å². The van der Waals surface area contributed by atoms with Crippen LogP contribution < -0.4 is 0 Å². The van der Waals surface area contributed by atoms with Crippen LogP contribution in [0.25, 0.3) is 0 Å². The topological polar surface area (TPSA) is 107 Å². The molecular weight excluding hydrogens is 366 g/mol. The van der Waals surface area contributed by atoms with Gasteiger partial charge >= 0.3 is 11.9 Å². The first-order chi connectivity index (χ1) is 13.2. The molecule has 2 bridgehead atoms. The summed E-state index contributed by atoms with van der Waals surface area (Å²) in [5.74, 6) is -1.35. The summed E-state index contributed by atoms with van der Waals surface area (Å²) in [5, 5.41) is 21.3. The standard InChI is InChI=1S/C20H23NO7/c1-11(2)18(24)26-9-5-8-21-16(22)14-13-6-7-20(28-13,15(14)17(21)23)10-27-19(25)12(3)4/h6-7,13,22-23H,1,3,5,8-10H2,2,4H3. The Morgan fingerprint density at radius 2 is 1.82 bits per heavy atom. The summed E-state index contributed by atoms with van der Waals surface area (Å²) in [5.41, 5.74) is 0.236. The van der Waals surface area contributed by atoms with E-state index < -0.39 is 23.6 Å². The van der Waals surface area contributed by atoms with Crippen LogP contribution in [-0.2, 0) is 35.9 Å². The van der Waals surface area contributed by atoms with Crippen molar-refractivity contribution in [2.45, 2.75) is 38.5 Å². The van der Waals surface area contributed by atoms with Crippen molar-refractivity contribution < 1.29 is 34.0 Å². The number of aromatic nitrogens is 1. The van der Waals surface area contributed by atoms with Gasteiger partial charge in [-0.3, -0.25) is 4.57 Å². The molecule has 2 N–H and O–H groups in total. The number of rotatable bonds is 8. The summed E-state index contributed by atoms with van der Waals surface area (Å²) >= 11 is 0. The Morgan fingerprint density at radius 1 is 1.18 bits per heavy atom. The minimum Gasteiger partial charge on any atom is -0.494 e. The molecule has 0 fully saturated rings. The molecule has 2 aliphatic rings. The maximum Gasteiger partial charge on any atom is 0.333 e. The van der Waals surface area contributed by atoms with E-state index in [1.54, 1.807) is 19.1 Å². The highest BCUT2D eigenvalue weighted by Gasteiger charge is 2.53. The molecule has 28 heavy (non-hydrogen) atoms. The fourth-order valence-corrected chi connectivity index (χ4v) is 3.32. The molecule has 3 rings (SSSR count). The van der Waals surface area contributed by atoms with Gasteiger partial charge < -0.3 is 24.4 Å². The van der Waals surface area contributed by atoms with Crippen LogP contribution in [0.15, 0.2) is 36.5 Å². The van der Waals surface area contributed by atoms with Gasteiger partial charge in [0.15, 0.2) is 5.60 Å². The summed E-state index contributed by atoms with van der Waals surface area (Å²) < 4.78 is 17.5. The number of nitrogens with zero attached hydrogens (tertiary/aromatic N) is 1. The lowest BCUT2D eigenvalue weighted by Crippen LogP contribution is -2.29. The number of fused-ring (bicyclic) bond motifs is 5. The fraction of sp³-hybridized carbons (Fsp3) is 0.400. The maximum atomic E-state index is 11.8. The molecule has 2 unspecified atom stereocenters. The van der Waals surface area contributed by atoms with Crippen molar-refractivity contribution in [2.24, 2.45) is 0 Å². The molecule has 2 aliphatic heterocycles. The molecule has 0 spiro atoms. The first-order valence-corrected chi connectivity index (χ1v) is 8.85.